The lowest BCUT2D eigenvalue weighted by Gasteiger charge is -2.11. The quantitative estimate of drug-likeness (QED) is 0.669. The molecule has 136 valence electrons. The first kappa shape index (κ1) is 18.4. The average Bonchev–Trinajstić information content (AvgIpc) is 3.03. The molecule has 0 spiro atoms. The van der Waals surface area contributed by atoms with E-state index in [1.807, 2.05) is 38.3 Å². The van der Waals surface area contributed by atoms with Crippen LogP contribution in [0.1, 0.15) is 17.5 Å². The van der Waals surface area contributed by atoms with Gasteiger partial charge < -0.3 is 4.74 Å². The number of ether oxygens (including phenoxy) is 1. The predicted octanol–water partition coefficient (Wildman–Crippen LogP) is 4.63. The minimum Gasteiger partial charge on any atom is -0.494 e. The number of aryl methyl sites for hydroxylation is 2. The number of sulfonamides is 1. The van der Waals surface area contributed by atoms with Crippen LogP contribution in [-0.4, -0.2) is 20.0 Å². The molecule has 3 aromatic rings. The Morgan fingerprint density at radius 3 is 2.42 bits per heavy atom. The molecule has 0 bridgehead atoms. The predicted molar refractivity (Wildman–Crippen MR) is 105 cm³/mol. The van der Waals surface area contributed by atoms with Gasteiger partial charge in [-0.15, -0.1) is 11.3 Å². The molecule has 0 fully saturated rings. The summed E-state index contributed by atoms with van der Waals surface area (Å²) < 4.78 is 33.3. The molecule has 0 aliphatic carbocycles. The summed E-state index contributed by atoms with van der Waals surface area (Å²) in [7, 11) is -3.66. The van der Waals surface area contributed by atoms with E-state index in [9.17, 15) is 8.42 Å². The van der Waals surface area contributed by atoms with Crippen LogP contribution in [-0.2, 0) is 10.0 Å². The van der Waals surface area contributed by atoms with Gasteiger partial charge in [-0.2, -0.15) is 0 Å². The maximum absolute atomic E-state index is 12.6. The van der Waals surface area contributed by atoms with E-state index in [2.05, 4.69) is 9.71 Å². The SMILES string of the molecule is CCOc1ccc(S(=O)(=O)Nc2ccc(-c3csc(C)n3)cc2)cc1C. The van der Waals surface area contributed by atoms with Crippen molar-refractivity contribution in [1.82, 2.24) is 4.98 Å². The molecule has 0 radical (unpaired) electrons. The first-order valence-electron chi connectivity index (χ1n) is 8.18. The summed E-state index contributed by atoms with van der Waals surface area (Å²) in [6, 6.07) is 12.0. The van der Waals surface area contributed by atoms with Crippen LogP contribution < -0.4 is 9.46 Å². The van der Waals surface area contributed by atoms with Crippen molar-refractivity contribution in [3.05, 3.63) is 58.4 Å². The summed E-state index contributed by atoms with van der Waals surface area (Å²) in [5.74, 6) is 0.689. The van der Waals surface area contributed by atoms with Crippen molar-refractivity contribution in [2.75, 3.05) is 11.3 Å². The van der Waals surface area contributed by atoms with E-state index in [0.29, 0.717) is 18.0 Å². The first-order chi connectivity index (χ1) is 12.4. The third-order valence-electron chi connectivity index (χ3n) is 3.81. The van der Waals surface area contributed by atoms with Crippen molar-refractivity contribution >= 4 is 27.0 Å². The Morgan fingerprint density at radius 2 is 1.85 bits per heavy atom. The smallest absolute Gasteiger partial charge is 0.261 e. The number of benzene rings is 2. The number of rotatable bonds is 6. The fourth-order valence-corrected chi connectivity index (χ4v) is 4.29. The van der Waals surface area contributed by atoms with E-state index in [1.54, 1.807) is 41.7 Å². The fourth-order valence-electron chi connectivity index (χ4n) is 2.53. The minimum absolute atomic E-state index is 0.206. The van der Waals surface area contributed by atoms with Gasteiger partial charge in [0.2, 0.25) is 0 Å². The van der Waals surface area contributed by atoms with Gasteiger partial charge in [0.25, 0.3) is 10.0 Å². The molecule has 0 saturated carbocycles. The van der Waals surface area contributed by atoms with Gasteiger partial charge in [0.05, 0.1) is 22.2 Å². The zero-order valence-electron chi connectivity index (χ0n) is 14.8. The number of thiazole rings is 1. The molecule has 26 heavy (non-hydrogen) atoms. The maximum atomic E-state index is 12.6. The van der Waals surface area contributed by atoms with Crippen LogP contribution in [0.3, 0.4) is 0 Å². The highest BCUT2D eigenvalue weighted by atomic mass is 32.2. The summed E-state index contributed by atoms with van der Waals surface area (Å²) >= 11 is 1.58. The van der Waals surface area contributed by atoms with Crippen molar-refractivity contribution in [1.29, 1.82) is 0 Å². The molecular weight excluding hydrogens is 368 g/mol. The van der Waals surface area contributed by atoms with Crippen LogP contribution in [0.5, 0.6) is 5.75 Å². The molecule has 0 saturated heterocycles. The second-order valence-electron chi connectivity index (χ2n) is 5.79. The molecule has 0 amide bonds. The fraction of sp³-hybridized carbons (Fsp3) is 0.211. The van der Waals surface area contributed by atoms with E-state index in [-0.39, 0.29) is 4.90 Å². The van der Waals surface area contributed by atoms with E-state index in [1.165, 1.54) is 0 Å². The lowest BCUT2D eigenvalue weighted by Crippen LogP contribution is -2.13. The molecule has 0 unspecified atom stereocenters. The van der Waals surface area contributed by atoms with Crippen molar-refractivity contribution in [2.24, 2.45) is 0 Å². The molecule has 0 aliphatic heterocycles. The Kier molecular flexibility index (Phi) is 5.29. The summed E-state index contributed by atoms with van der Waals surface area (Å²) in [5, 5.41) is 2.98. The Labute approximate surface area is 157 Å². The van der Waals surface area contributed by atoms with Gasteiger partial charge in [0.1, 0.15) is 5.75 Å². The second kappa shape index (κ2) is 7.47. The zero-order chi connectivity index (χ0) is 18.7. The third-order valence-corrected chi connectivity index (χ3v) is 5.96. The van der Waals surface area contributed by atoms with Crippen LogP contribution in [0.4, 0.5) is 5.69 Å². The number of anilines is 1. The lowest BCUT2D eigenvalue weighted by atomic mass is 10.1. The molecule has 5 nitrogen and oxygen atoms in total. The van der Waals surface area contributed by atoms with Gasteiger partial charge in [-0.3, -0.25) is 4.72 Å². The molecule has 1 aromatic heterocycles. The summed E-state index contributed by atoms with van der Waals surface area (Å²) in [6.45, 7) is 6.21. The molecule has 3 rings (SSSR count). The Bertz CT molecular complexity index is 1010. The lowest BCUT2D eigenvalue weighted by molar-refractivity contribution is 0.337. The average molecular weight is 389 g/mol. The molecule has 2 aromatic carbocycles. The number of hydrogen-bond acceptors (Lipinski definition) is 5. The van der Waals surface area contributed by atoms with Gasteiger partial charge in [0, 0.05) is 16.6 Å². The van der Waals surface area contributed by atoms with Crippen LogP contribution in [0.2, 0.25) is 0 Å². The summed E-state index contributed by atoms with van der Waals surface area (Å²) in [4.78, 5) is 4.64. The van der Waals surface area contributed by atoms with Crippen LogP contribution in [0, 0.1) is 13.8 Å². The molecular formula is C19H20N2O3S2. The van der Waals surface area contributed by atoms with E-state index < -0.39 is 10.0 Å². The molecule has 0 aliphatic rings. The monoisotopic (exact) mass is 388 g/mol. The van der Waals surface area contributed by atoms with Gasteiger partial charge in [-0.05, 0) is 56.7 Å². The van der Waals surface area contributed by atoms with E-state index >= 15 is 0 Å². The summed E-state index contributed by atoms with van der Waals surface area (Å²) in [5.41, 5.74) is 3.13. The van der Waals surface area contributed by atoms with Gasteiger partial charge in [-0.1, -0.05) is 12.1 Å². The second-order valence-corrected chi connectivity index (χ2v) is 8.54. The van der Waals surface area contributed by atoms with Crippen LogP contribution in [0.25, 0.3) is 11.3 Å². The largest absolute Gasteiger partial charge is 0.494 e. The zero-order valence-corrected chi connectivity index (χ0v) is 16.4. The van der Waals surface area contributed by atoms with Gasteiger partial charge in [-0.25, -0.2) is 13.4 Å². The third kappa shape index (κ3) is 4.05. The van der Waals surface area contributed by atoms with Crippen LogP contribution >= 0.6 is 11.3 Å². The number of aromatic nitrogens is 1. The van der Waals surface area contributed by atoms with Crippen molar-refractivity contribution in [2.45, 2.75) is 25.7 Å². The topological polar surface area (TPSA) is 68.3 Å². The number of nitrogens with one attached hydrogen (secondary N) is 1. The van der Waals surface area contributed by atoms with Gasteiger partial charge in [0.15, 0.2) is 0 Å². The van der Waals surface area contributed by atoms with Gasteiger partial charge >= 0.3 is 0 Å². The van der Waals surface area contributed by atoms with Crippen LogP contribution in [0.15, 0.2) is 52.7 Å². The summed E-state index contributed by atoms with van der Waals surface area (Å²) in [6.07, 6.45) is 0. The van der Waals surface area contributed by atoms with Crippen molar-refractivity contribution in [3.63, 3.8) is 0 Å². The number of nitrogens with zero attached hydrogens (tertiary/aromatic N) is 1. The molecule has 0 atom stereocenters. The molecule has 7 heteroatoms. The minimum atomic E-state index is -3.66. The Morgan fingerprint density at radius 1 is 1.12 bits per heavy atom. The molecule has 1 heterocycles. The molecule has 1 N–H and O–H groups in total. The first-order valence-corrected chi connectivity index (χ1v) is 10.5. The standard InChI is InChI=1S/C19H20N2O3S2/c1-4-24-19-10-9-17(11-13(19)2)26(22,23)21-16-7-5-15(6-8-16)18-12-25-14(3)20-18/h5-12,21H,4H2,1-3H3. The highest BCUT2D eigenvalue weighted by Gasteiger charge is 2.16. The van der Waals surface area contributed by atoms with Crippen molar-refractivity contribution in [3.8, 4) is 17.0 Å². The Balaban J connectivity index is 1.80. The highest BCUT2D eigenvalue weighted by molar-refractivity contribution is 7.92. The Hall–Kier alpha value is -2.38. The van der Waals surface area contributed by atoms with E-state index in [4.69, 9.17) is 4.74 Å². The van der Waals surface area contributed by atoms with Crippen molar-refractivity contribution < 1.29 is 13.2 Å². The highest BCUT2D eigenvalue weighted by Crippen LogP contribution is 2.26. The maximum Gasteiger partial charge on any atom is 0.261 e. The van der Waals surface area contributed by atoms with E-state index in [0.717, 1.165) is 21.8 Å². The number of hydrogen-bond donors (Lipinski definition) is 1. The normalized spacial score (nSPS) is 11.3.